The first kappa shape index (κ1) is 20.0. The zero-order valence-electron chi connectivity index (χ0n) is 18.2. The minimum Gasteiger partial charge on any atom is -0.353 e. The van der Waals surface area contributed by atoms with Gasteiger partial charge in [0, 0.05) is 43.2 Å². The molecule has 168 valence electrons. The Bertz CT molecular complexity index is 648. The molecule has 6 heteroatoms. The van der Waals surface area contributed by atoms with Gasteiger partial charge >= 0.3 is 0 Å². The number of rotatable bonds is 3. The van der Waals surface area contributed by atoms with Crippen molar-refractivity contribution in [2.75, 3.05) is 0 Å². The number of carbonyl (C=O) groups excluding carboxylic acids is 1. The summed E-state index contributed by atoms with van der Waals surface area (Å²) >= 11 is 0. The van der Waals surface area contributed by atoms with Gasteiger partial charge in [0.25, 0.3) is 0 Å². The Morgan fingerprint density at radius 1 is 0.933 bits per heavy atom. The summed E-state index contributed by atoms with van der Waals surface area (Å²) in [5.41, 5.74) is 5.99. The van der Waals surface area contributed by atoms with Gasteiger partial charge in [0.05, 0.1) is 0 Å². The number of nitrogens with two attached hydrogens (primary N) is 1. The Morgan fingerprint density at radius 2 is 1.63 bits per heavy atom. The highest BCUT2D eigenvalue weighted by molar-refractivity contribution is 5.76. The third kappa shape index (κ3) is 3.42. The quantitative estimate of drug-likeness (QED) is 0.682. The second-order valence-electron chi connectivity index (χ2n) is 11.6. The van der Waals surface area contributed by atoms with Gasteiger partial charge in [-0.05, 0) is 88.4 Å². The average Bonchev–Trinajstić information content (AvgIpc) is 3.07. The minimum atomic E-state index is -0.629. The van der Waals surface area contributed by atoms with Crippen LogP contribution in [0, 0.1) is 29.6 Å². The van der Waals surface area contributed by atoms with Crippen molar-refractivity contribution in [3.05, 3.63) is 0 Å². The molecule has 6 saturated carbocycles. The molecule has 3 N–H and O–H groups in total. The van der Waals surface area contributed by atoms with Gasteiger partial charge < -0.3 is 15.8 Å². The van der Waals surface area contributed by atoms with Crippen molar-refractivity contribution >= 4 is 5.91 Å². The summed E-state index contributed by atoms with van der Waals surface area (Å²) in [6.45, 7) is 0. The Labute approximate surface area is 179 Å². The number of carbonyl (C=O) groups is 1. The van der Waals surface area contributed by atoms with Crippen LogP contribution in [0.1, 0.15) is 89.9 Å². The van der Waals surface area contributed by atoms with E-state index in [2.05, 4.69) is 5.32 Å². The zero-order chi connectivity index (χ0) is 20.3. The average molecular weight is 419 g/mol. The van der Waals surface area contributed by atoms with E-state index in [0.717, 1.165) is 63.2 Å². The van der Waals surface area contributed by atoms with Crippen molar-refractivity contribution < 1.29 is 19.3 Å². The lowest BCUT2D eigenvalue weighted by molar-refractivity contribution is -0.390. The normalized spacial score (nSPS) is 52.2. The molecule has 6 aliphatic carbocycles. The molecular weight excluding hydrogens is 380 g/mol. The molecule has 7 aliphatic rings. The second-order valence-corrected chi connectivity index (χ2v) is 11.6. The monoisotopic (exact) mass is 418 g/mol. The highest BCUT2D eigenvalue weighted by atomic mass is 17.3. The van der Waals surface area contributed by atoms with Gasteiger partial charge in [0.15, 0.2) is 0 Å². The summed E-state index contributed by atoms with van der Waals surface area (Å²) in [7, 11) is 0. The number of hydrogen-bond acceptors (Lipinski definition) is 5. The van der Waals surface area contributed by atoms with Crippen molar-refractivity contribution in [1.82, 2.24) is 5.32 Å². The van der Waals surface area contributed by atoms with Crippen LogP contribution in [0.2, 0.25) is 0 Å². The molecule has 0 aromatic rings. The van der Waals surface area contributed by atoms with E-state index in [1.165, 1.54) is 32.1 Å². The maximum Gasteiger partial charge on any atom is 0.220 e. The summed E-state index contributed by atoms with van der Waals surface area (Å²) in [6.07, 6.45) is 14.8. The van der Waals surface area contributed by atoms with Gasteiger partial charge in [0.1, 0.15) is 0 Å². The summed E-state index contributed by atoms with van der Waals surface area (Å²) < 4.78 is 6.84. The lowest BCUT2D eigenvalue weighted by Crippen LogP contribution is -2.59. The number of hydrogen-bond donors (Lipinski definition) is 2. The molecule has 2 unspecified atom stereocenters. The molecule has 6 nitrogen and oxygen atoms in total. The lowest BCUT2D eigenvalue weighted by Gasteiger charge is -2.57. The standard InChI is InChI=1S/C24H38N2O4/c25-20-3-5-21(6-4-20)26-22(27)13-15-2-1-7-23(14-15)28-24(30-29-23)18-9-16-8-17(11-18)12-19(24)10-16/h15-21H,1-14,25H2,(H,26,27). The third-order valence-electron chi connectivity index (χ3n) is 9.33. The number of ether oxygens (including phenoxy) is 1. The third-order valence-corrected chi connectivity index (χ3v) is 9.33. The van der Waals surface area contributed by atoms with E-state index in [1.807, 2.05) is 0 Å². The summed E-state index contributed by atoms with van der Waals surface area (Å²) in [6, 6.07) is 0.610. The van der Waals surface area contributed by atoms with Crippen LogP contribution in [-0.2, 0) is 19.3 Å². The van der Waals surface area contributed by atoms with E-state index in [-0.39, 0.29) is 5.91 Å². The SMILES string of the molecule is NC1CCC(NC(=O)CC2CCCC3(C2)OOC2(O3)C3CC4CC(C3)CC2C4)CC1. The summed E-state index contributed by atoms with van der Waals surface area (Å²) in [5.74, 6) is 2.09. The molecular formula is C24H38N2O4. The Hall–Kier alpha value is -0.690. The molecule has 7 fully saturated rings. The van der Waals surface area contributed by atoms with Gasteiger partial charge in [-0.1, -0.05) is 0 Å². The zero-order valence-corrected chi connectivity index (χ0v) is 18.2. The van der Waals surface area contributed by atoms with Crippen LogP contribution in [0.4, 0.5) is 0 Å². The molecule has 0 aromatic carbocycles. The maximum atomic E-state index is 12.7. The van der Waals surface area contributed by atoms with Gasteiger partial charge in [-0.2, -0.15) is 9.78 Å². The molecule has 2 spiro atoms. The van der Waals surface area contributed by atoms with Crippen LogP contribution >= 0.6 is 0 Å². The number of nitrogens with one attached hydrogen (secondary N) is 1. The molecule has 1 aliphatic heterocycles. The van der Waals surface area contributed by atoms with E-state index in [1.54, 1.807) is 0 Å². The predicted octanol–water partition coefficient (Wildman–Crippen LogP) is 3.78. The molecule has 4 bridgehead atoms. The van der Waals surface area contributed by atoms with Gasteiger partial charge in [-0.25, -0.2) is 0 Å². The van der Waals surface area contributed by atoms with Crippen molar-refractivity contribution in [3.8, 4) is 0 Å². The first-order valence-corrected chi connectivity index (χ1v) is 12.6. The van der Waals surface area contributed by atoms with E-state index in [4.69, 9.17) is 20.2 Å². The highest BCUT2D eigenvalue weighted by Crippen LogP contribution is 2.64. The van der Waals surface area contributed by atoms with Crippen molar-refractivity contribution in [2.45, 2.75) is 114 Å². The Balaban J connectivity index is 1.08. The van der Waals surface area contributed by atoms with Crippen molar-refractivity contribution in [1.29, 1.82) is 0 Å². The molecule has 7 rings (SSSR count). The Morgan fingerprint density at radius 3 is 2.33 bits per heavy atom. The molecule has 2 atom stereocenters. The van der Waals surface area contributed by atoms with Crippen LogP contribution in [0.5, 0.6) is 0 Å². The Kier molecular flexibility index (Phi) is 4.94. The molecule has 1 amide bonds. The van der Waals surface area contributed by atoms with Gasteiger partial charge in [-0.3, -0.25) is 4.79 Å². The smallest absolute Gasteiger partial charge is 0.220 e. The fourth-order valence-corrected chi connectivity index (χ4v) is 8.07. The van der Waals surface area contributed by atoms with E-state index in [0.29, 0.717) is 36.3 Å². The largest absolute Gasteiger partial charge is 0.353 e. The van der Waals surface area contributed by atoms with Gasteiger partial charge in [-0.15, -0.1) is 0 Å². The van der Waals surface area contributed by atoms with Crippen LogP contribution in [-0.4, -0.2) is 29.6 Å². The first-order valence-electron chi connectivity index (χ1n) is 12.6. The molecule has 1 heterocycles. The fraction of sp³-hybridized carbons (Fsp3) is 0.958. The van der Waals surface area contributed by atoms with Crippen LogP contribution in [0.15, 0.2) is 0 Å². The first-order chi connectivity index (χ1) is 14.5. The topological polar surface area (TPSA) is 82.8 Å². The molecule has 0 aromatic heterocycles. The fourth-order valence-electron chi connectivity index (χ4n) is 8.07. The molecule has 30 heavy (non-hydrogen) atoms. The minimum absolute atomic E-state index is 0.181. The van der Waals surface area contributed by atoms with E-state index >= 15 is 0 Å². The summed E-state index contributed by atoms with van der Waals surface area (Å²) in [5, 5.41) is 3.26. The van der Waals surface area contributed by atoms with Crippen molar-refractivity contribution in [2.24, 2.45) is 35.3 Å². The van der Waals surface area contributed by atoms with E-state index < -0.39 is 11.6 Å². The highest BCUT2D eigenvalue weighted by Gasteiger charge is 2.67. The molecule has 1 saturated heterocycles. The van der Waals surface area contributed by atoms with Gasteiger partial charge in [0.2, 0.25) is 17.5 Å². The van der Waals surface area contributed by atoms with E-state index in [9.17, 15) is 4.79 Å². The number of amides is 1. The predicted molar refractivity (Wildman–Crippen MR) is 111 cm³/mol. The maximum absolute atomic E-state index is 12.7. The lowest BCUT2D eigenvalue weighted by atomic mass is 9.53. The van der Waals surface area contributed by atoms with Crippen LogP contribution < -0.4 is 11.1 Å². The molecule has 0 radical (unpaired) electrons. The van der Waals surface area contributed by atoms with Crippen LogP contribution in [0.25, 0.3) is 0 Å². The second kappa shape index (κ2) is 7.43. The van der Waals surface area contributed by atoms with Crippen LogP contribution in [0.3, 0.4) is 0 Å². The summed E-state index contributed by atoms with van der Waals surface area (Å²) in [4.78, 5) is 24.9. The van der Waals surface area contributed by atoms with Crippen molar-refractivity contribution in [3.63, 3.8) is 0 Å².